The number of nitrogens with zero attached hydrogens (tertiary/aromatic N) is 1. The molecule has 0 atom stereocenters. The van der Waals surface area contributed by atoms with Crippen LogP contribution in [-0.4, -0.2) is 36.4 Å². The molecule has 0 radical (unpaired) electrons. The molecule has 1 saturated heterocycles. The molecular weight excluding hydrogens is 420 g/mol. The lowest BCUT2D eigenvalue weighted by Gasteiger charge is -2.29. The van der Waals surface area contributed by atoms with Gasteiger partial charge in [0, 0.05) is 6.54 Å². The van der Waals surface area contributed by atoms with Gasteiger partial charge in [-0.25, -0.2) is 0 Å². The predicted octanol–water partition coefficient (Wildman–Crippen LogP) is 3.54. The zero-order valence-corrected chi connectivity index (χ0v) is 18.0. The van der Waals surface area contributed by atoms with Crippen LogP contribution in [0.15, 0.2) is 47.4 Å². The smallest absolute Gasteiger partial charge is 0.265 e. The number of ether oxygens (including phenoxy) is 2. The van der Waals surface area contributed by atoms with E-state index in [0.29, 0.717) is 21.5 Å². The van der Waals surface area contributed by atoms with E-state index in [1.165, 1.54) is 17.3 Å². The average Bonchev–Trinajstić information content (AvgIpc) is 3.06. The second kappa shape index (κ2) is 8.89. The van der Waals surface area contributed by atoms with Gasteiger partial charge < -0.3 is 19.7 Å². The van der Waals surface area contributed by atoms with E-state index in [2.05, 4.69) is 5.32 Å². The van der Waals surface area contributed by atoms with Crippen LogP contribution in [0.1, 0.15) is 17.5 Å². The number of amides is 2. The second-order valence-corrected chi connectivity index (χ2v) is 8.58. The zero-order chi connectivity index (χ0) is 21.1. The Bertz CT molecular complexity index is 1030. The SMILES string of the molecule is COc1ccc(CCCN2C(=O)COc3ccc(C=C4SC(=S)NC4=O)cc32)cc1. The number of methoxy groups -OCH3 is 1. The summed E-state index contributed by atoms with van der Waals surface area (Å²) in [7, 11) is 1.65. The summed E-state index contributed by atoms with van der Waals surface area (Å²) >= 11 is 6.27. The van der Waals surface area contributed by atoms with Crippen molar-refractivity contribution in [2.45, 2.75) is 12.8 Å². The molecule has 30 heavy (non-hydrogen) atoms. The van der Waals surface area contributed by atoms with Gasteiger partial charge in [-0.05, 0) is 54.3 Å². The molecular formula is C22H20N2O4S2. The van der Waals surface area contributed by atoms with Crippen LogP contribution in [0.5, 0.6) is 11.5 Å². The number of carbonyl (C=O) groups excluding carboxylic acids is 2. The third-order valence-electron chi connectivity index (χ3n) is 4.87. The lowest BCUT2D eigenvalue weighted by Crippen LogP contribution is -2.39. The van der Waals surface area contributed by atoms with Crippen molar-refractivity contribution < 1.29 is 19.1 Å². The van der Waals surface area contributed by atoms with E-state index in [4.69, 9.17) is 21.7 Å². The van der Waals surface area contributed by atoms with E-state index >= 15 is 0 Å². The standard InChI is InChI=1S/C22H20N2O4S2/c1-27-16-7-4-14(5-8-16)3-2-10-24-17-11-15(6-9-18(17)28-13-20(24)25)12-19-21(26)23-22(29)30-19/h4-9,11-12H,2-3,10,13H2,1H3,(H,23,26,29). The third kappa shape index (κ3) is 4.49. The number of rotatable bonds is 6. The number of anilines is 1. The molecule has 1 N–H and O–H groups in total. The van der Waals surface area contributed by atoms with Gasteiger partial charge in [0.05, 0.1) is 17.7 Å². The van der Waals surface area contributed by atoms with Crippen molar-refractivity contribution in [3.05, 3.63) is 58.5 Å². The lowest BCUT2D eigenvalue weighted by molar-refractivity contribution is -0.121. The first-order valence-electron chi connectivity index (χ1n) is 9.48. The summed E-state index contributed by atoms with van der Waals surface area (Å²) in [6.07, 6.45) is 3.44. The molecule has 6 nitrogen and oxygen atoms in total. The molecule has 0 unspecified atom stereocenters. The van der Waals surface area contributed by atoms with E-state index in [9.17, 15) is 9.59 Å². The number of thiocarbonyl (C=S) groups is 1. The van der Waals surface area contributed by atoms with Crippen LogP contribution < -0.4 is 19.7 Å². The van der Waals surface area contributed by atoms with Crippen LogP contribution in [0.4, 0.5) is 5.69 Å². The molecule has 0 aromatic heterocycles. The summed E-state index contributed by atoms with van der Waals surface area (Å²) in [5.74, 6) is 1.22. The fourth-order valence-electron chi connectivity index (χ4n) is 3.36. The quantitative estimate of drug-likeness (QED) is 0.547. The largest absolute Gasteiger partial charge is 0.497 e. The number of benzene rings is 2. The summed E-state index contributed by atoms with van der Waals surface area (Å²) in [6.45, 7) is 0.614. The summed E-state index contributed by atoms with van der Waals surface area (Å²) in [6, 6.07) is 13.5. The molecule has 4 rings (SSSR count). The Morgan fingerprint density at radius 3 is 2.73 bits per heavy atom. The molecule has 2 aromatic carbocycles. The lowest BCUT2D eigenvalue weighted by atomic mass is 10.1. The second-order valence-electron chi connectivity index (χ2n) is 6.87. The van der Waals surface area contributed by atoms with Crippen molar-refractivity contribution >= 4 is 51.9 Å². The minimum Gasteiger partial charge on any atom is -0.497 e. The molecule has 0 bridgehead atoms. The van der Waals surface area contributed by atoms with Crippen LogP contribution in [0.25, 0.3) is 6.08 Å². The van der Waals surface area contributed by atoms with E-state index < -0.39 is 0 Å². The van der Waals surface area contributed by atoms with Gasteiger partial charge in [0.25, 0.3) is 11.8 Å². The molecule has 0 aliphatic carbocycles. The number of thioether (sulfide) groups is 1. The maximum atomic E-state index is 12.5. The minimum absolute atomic E-state index is 0.0303. The summed E-state index contributed by atoms with van der Waals surface area (Å²) < 4.78 is 11.2. The van der Waals surface area contributed by atoms with E-state index in [0.717, 1.165) is 29.8 Å². The molecule has 2 aliphatic rings. The first kappa shape index (κ1) is 20.4. The Morgan fingerprint density at radius 1 is 1.23 bits per heavy atom. The van der Waals surface area contributed by atoms with E-state index in [1.54, 1.807) is 18.1 Å². The van der Waals surface area contributed by atoms with Gasteiger partial charge in [0.2, 0.25) is 0 Å². The normalized spacial score (nSPS) is 17.0. The third-order valence-corrected chi connectivity index (χ3v) is 6.03. The Balaban J connectivity index is 1.49. The number of nitrogens with one attached hydrogen (secondary N) is 1. The van der Waals surface area contributed by atoms with Crippen LogP contribution in [0, 0.1) is 0 Å². The molecule has 2 aliphatic heterocycles. The Kier molecular flexibility index (Phi) is 6.06. The highest BCUT2D eigenvalue weighted by Crippen LogP contribution is 2.35. The van der Waals surface area contributed by atoms with E-state index in [-0.39, 0.29) is 18.4 Å². The van der Waals surface area contributed by atoms with Gasteiger partial charge in [-0.3, -0.25) is 9.59 Å². The molecule has 1 fully saturated rings. The molecule has 8 heteroatoms. The van der Waals surface area contributed by atoms with Crippen molar-refractivity contribution in [1.29, 1.82) is 0 Å². The summed E-state index contributed by atoms with van der Waals surface area (Å²) in [4.78, 5) is 26.7. The highest BCUT2D eigenvalue weighted by molar-refractivity contribution is 8.26. The zero-order valence-electron chi connectivity index (χ0n) is 16.3. The molecule has 2 amide bonds. The minimum atomic E-state index is -0.202. The van der Waals surface area contributed by atoms with Gasteiger partial charge in [-0.1, -0.05) is 42.2 Å². The van der Waals surface area contributed by atoms with Crippen molar-refractivity contribution in [3.63, 3.8) is 0 Å². The average molecular weight is 441 g/mol. The topological polar surface area (TPSA) is 67.9 Å². The monoisotopic (exact) mass is 440 g/mol. The number of carbonyl (C=O) groups is 2. The van der Waals surface area contributed by atoms with Crippen LogP contribution in [0.2, 0.25) is 0 Å². The summed E-state index contributed by atoms with van der Waals surface area (Å²) in [5.41, 5.74) is 2.73. The highest BCUT2D eigenvalue weighted by Gasteiger charge is 2.26. The molecule has 154 valence electrons. The maximum absolute atomic E-state index is 12.5. The molecule has 0 saturated carbocycles. The fourth-order valence-corrected chi connectivity index (χ4v) is 4.40. The first-order valence-corrected chi connectivity index (χ1v) is 10.7. The van der Waals surface area contributed by atoms with Crippen molar-refractivity contribution in [1.82, 2.24) is 5.32 Å². The maximum Gasteiger partial charge on any atom is 0.265 e. The summed E-state index contributed by atoms with van der Waals surface area (Å²) in [5, 5.41) is 2.61. The molecule has 2 heterocycles. The van der Waals surface area contributed by atoms with Crippen LogP contribution in [0.3, 0.4) is 0 Å². The van der Waals surface area contributed by atoms with Crippen LogP contribution >= 0.6 is 24.0 Å². The van der Waals surface area contributed by atoms with Crippen molar-refractivity contribution in [2.24, 2.45) is 0 Å². The van der Waals surface area contributed by atoms with Crippen molar-refractivity contribution in [3.8, 4) is 11.5 Å². The van der Waals surface area contributed by atoms with Gasteiger partial charge in [-0.2, -0.15) is 0 Å². The van der Waals surface area contributed by atoms with Gasteiger partial charge >= 0.3 is 0 Å². The number of hydrogen-bond donors (Lipinski definition) is 1. The van der Waals surface area contributed by atoms with Gasteiger partial charge in [0.1, 0.15) is 15.8 Å². The van der Waals surface area contributed by atoms with E-state index in [1.807, 2.05) is 42.5 Å². The Morgan fingerprint density at radius 2 is 2.03 bits per heavy atom. The number of fused-ring (bicyclic) bond motifs is 1. The number of aryl methyl sites for hydroxylation is 1. The number of hydrogen-bond acceptors (Lipinski definition) is 6. The Labute approximate surface area is 184 Å². The fraction of sp³-hybridized carbons (Fsp3) is 0.227. The Hall–Kier alpha value is -2.84. The highest BCUT2D eigenvalue weighted by atomic mass is 32.2. The van der Waals surface area contributed by atoms with Crippen LogP contribution in [-0.2, 0) is 16.0 Å². The predicted molar refractivity (Wildman–Crippen MR) is 122 cm³/mol. The van der Waals surface area contributed by atoms with Crippen molar-refractivity contribution in [2.75, 3.05) is 25.2 Å². The van der Waals surface area contributed by atoms with Gasteiger partial charge in [-0.15, -0.1) is 0 Å². The van der Waals surface area contributed by atoms with Gasteiger partial charge in [0.15, 0.2) is 6.61 Å². The first-order chi connectivity index (χ1) is 14.5. The molecule has 2 aromatic rings. The molecule has 0 spiro atoms.